The first-order valence-corrected chi connectivity index (χ1v) is 22.1. The summed E-state index contributed by atoms with van der Waals surface area (Å²) in [6.45, 7) is 11.1. The molecule has 0 aliphatic heterocycles. The SMILES string of the molecule is CCCCCCCCCCCCCCCCCCN(CCCCCCCCCCCCC)CCCCCCCCCCCCC. The summed E-state index contributed by atoms with van der Waals surface area (Å²) in [6, 6.07) is 0. The van der Waals surface area contributed by atoms with Crippen LogP contribution in [0.1, 0.15) is 265 Å². The second kappa shape index (κ2) is 42.0. The van der Waals surface area contributed by atoms with E-state index in [1.165, 1.54) is 264 Å². The lowest BCUT2D eigenvalue weighted by Gasteiger charge is -2.22. The number of hydrogen-bond donors (Lipinski definition) is 0. The van der Waals surface area contributed by atoms with Crippen LogP contribution >= 0.6 is 0 Å². The Kier molecular flexibility index (Phi) is 41.9. The third-order valence-electron chi connectivity index (χ3n) is 10.5. The van der Waals surface area contributed by atoms with Gasteiger partial charge in [0, 0.05) is 0 Å². The highest BCUT2D eigenvalue weighted by molar-refractivity contribution is 4.61. The van der Waals surface area contributed by atoms with Crippen molar-refractivity contribution in [2.45, 2.75) is 265 Å². The minimum atomic E-state index is 1.37. The number of rotatable bonds is 41. The van der Waals surface area contributed by atoms with Crippen molar-refractivity contribution in [2.24, 2.45) is 0 Å². The predicted molar refractivity (Wildman–Crippen MR) is 209 cm³/mol. The summed E-state index contributed by atoms with van der Waals surface area (Å²) in [6.07, 6.45) is 55.6. The first kappa shape index (κ1) is 45.0. The number of nitrogens with zero attached hydrogens (tertiary/aromatic N) is 1. The van der Waals surface area contributed by atoms with Crippen LogP contribution in [0.5, 0.6) is 0 Å². The second-order valence-electron chi connectivity index (χ2n) is 15.2. The fraction of sp³-hybridized carbons (Fsp3) is 1.00. The molecule has 272 valence electrons. The highest BCUT2D eigenvalue weighted by atomic mass is 15.1. The van der Waals surface area contributed by atoms with Gasteiger partial charge in [-0.05, 0) is 38.9 Å². The van der Waals surface area contributed by atoms with Crippen LogP contribution in [0.3, 0.4) is 0 Å². The number of unbranched alkanes of at least 4 members (excludes halogenated alkanes) is 35. The van der Waals surface area contributed by atoms with Gasteiger partial charge >= 0.3 is 0 Å². The molecule has 1 heteroatoms. The quantitative estimate of drug-likeness (QED) is 0.0605. The third kappa shape index (κ3) is 40.1. The summed E-state index contributed by atoms with van der Waals surface area (Å²) >= 11 is 0. The van der Waals surface area contributed by atoms with Gasteiger partial charge in [0.15, 0.2) is 0 Å². The molecule has 0 aliphatic carbocycles. The van der Waals surface area contributed by atoms with E-state index in [-0.39, 0.29) is 0 Å². The molecule has 0 atom stereocenters. The molecule has 0 bridgehead atoms. The first-order chi connectivity index (χ1) is 22.3. The zero-order valence-electron chi connectivity index (χ0n) is 32.4. The monoisotopic (exact) mass is 634 g/mol. The van der Waals surface area contributed by atoms with E-state index in [0.29, 0.717) is 0 Å². The fourth-order valence-corrected chi connectivity index (χ4v) is 7.22. The van der Waals surface area contributed by atoms with E-state index >= 15 is 0 Å². The molecule has 0 radical (unpaired) electrons. The van der Waals surface area contributed by atoms with Gasteiger partial charge in [-0.1, -0.05) is 245 Å². The van der Waals surface area contributed by atoms with Gasteiger partial charge in [-0.2, -0.15) is 0 Å². The topological polar surface area (TPSA) is 3.24 Å². The molecular formula is C44H91N. The van der Waals surface area contributed by atoms with Crippen molar-refractivity contribution >= 4 is 0 Å². The van der Waals surface area contributed by atoms with Crippen molar-refractivity contribution in [3.63, 3.8) is 0 Å². The van der Waals surface area contributed by atoms with Gasteiger partial charge in [0.05, 0.1) is 0 Å². The highest BCUT2D eigenvalue weighted by Crippen LogP contribution is 2.16. The van der Waals surface area contributed by atoms with Crippen LogP contribution in [-0.4, -0.2) is 24.5 Å². The molecule has 0 N–H and O–H groups in total. The maximum atomic E-state index is 2.87. The summed E-state index contributed by atoms with van der Waals surface area (Å²) in [5.41, 5.74) is 0. The molecule has 0 amide bonds. The van der Waals surface area contributed by atoms with E-state index in [1.807, 2.05) is 0 Å². The predicted octanol–water partition coefficient (Wildman–Crippen LogP) is 16.2. The molecule has 0 unspecified atom stereocenters. The summed E-state index contributed by atoms with van der Waals surface area (Å²) < 4.78 is 0. The first-order valence-electron chi connectivity index (χ1n) is 22.1. The highest BCUT2D eigenvalue weighted by Gasteiger charge is 2.05. The summed E-state index contributed by atoms with van der Waals surface area (Å²) in [7, 11) is 0. The van der Waals surface area contributed by atoms with Crippen LogP contribution in [-0.2, 0) is 0 Å². The molecule has 0 heterocycles. The van der Waals surface area contributed by atoms with Crippen molar-refractivity contribution in [1.29, 1.82) is 0 Å². The van der Waals surface area contributed by atoms with Gasteiger partial charge < -0.3 is 4.90 Å². The van der Waals surface area contributed by atoms with E-state index in [9.17, 15) is 0 Å². The zero-order chi connectivity index (χ0) is 32.6. The van der Waals surface area contributed by atoms with Gasteiger partial charge in [-0.25, -0.2) is 0 Å². The van der Waals surface area contributed by atoms with Crippen molar-refractivity contribution in [2.75, 3.05) is 19.6 Å². The molecule has 0 rings (SSSR count). The molecule has 0 fully saturated rings. The Morgan fingerprint density at radius 2 is 0.311 bits per heavy atom. The molecule has 0 aromatic rings. The molecule has 1 nitrogen and oxygen atoms in total. The van der Waals surface area contributed by atoms with Crippen LogP contribution in [0.4, 0.5) is 0 Å². The fourth-order valence-electron chi connectivity index (χ4n) is 7.22. The van der Waals surface area contributed by atoms with E-state index in [1.54, 1.807) is 0 Å². The van der Waals surface area contributed by atoms with Gasteiger partial charge in [-0.15, -0.1) is 0 Å². The minimum Gasteiger partial charge on any atom is -0.303 e. The summed E-state index contributed by atoms with van der Waals surface area (Å²) in [5, 5.41) is 0. The minimum absolute atomic E-state index is 1.37. The van der Waals surface area contributed by atoms with E-state index in [2.05, 4.69) is 25.7 Å². The van der Waals surface area contributed by atoms with Crippen LogP contribution in [0, 0.1) is 0 Å². The van der Waals surface area contributed by atoms with Crippen molar-refractivity contribution in [3.05, 3.63) is 0 Å². The molecule has 0 aromatic carbocycles. The zero-order valence-corrected chi connectivity index (χ0v) is 32.4. The Labute approximate surface area is 288 Å². The average Bonchev–Trinajstić information content (AvgIpc) is 3.05. The molecule has 0 saturated heterocycles. The number of hydrogen-bond acceptors (Lipinski definition) is 1. The normalized spacial score (nSPS) is 11.7. The smallest absolute Gasteiger partial charge is 0.00187 e. The lowest BCUT2D eigenvalue weighted by atomic mass is 10.0. The summed E-state index contributed by atoms with van der Waals surface area (Å²) in [4.78, 5) is 2.87. The van der Waals surface area contributed by atoms with Gasteiger partial charge in [-0.3, -0.25) is 0 Å². The Bertz CT molecular complexity index is 461. The van der Waals surface area contributed by atoms with Crippen LogP contribution in [0.25, 0.3) is 0 Å². The molecule has 0 spiro atoms. The van der Waals surface area contributed by atoms with Gasteiger partial charge in [0.1, 0.15) is 0 Å². The van der Waals surface area contributed by atoms with E-state index in [0.717, 1.165) is 0 Å². The lowest BCUT2D eigenvalue weighted by Crippen LogP contribution is -2.27. The molecule has 0 saturated carbocycles. The largest absolute Gasteiger partial charge is 0.303 e. The Morgan fingerprint density at radius 3 is 0.467 bits per heavy atom. The van der Waals surface area contributed by atoms with Crippen LogP contribution < -0.4 is 0 Å². The van der Waals surface area contributed by atoms with Crippen molar-refractivity contribution in [3.8, 4) is 0 Å². The van der Waals surface area contributed by atoms with Crippen LogP contribution in [0.2, 0.25) is 0 Å². The maximum Gasteiger partial charge on any atom is -0.00187 e. The van der Waals surface area contributed by atoms with Gasteiger partial charge in [0.2, 0.25) is 0 Å². The second-order valence-corrected chi connectivity index (χ2v) is 15.2. The lowest BCUT2D eigenvalue weighted by molar-refractivity contribution is 0.254. The standard InChI is InChI=1S/C44H91N/c1-4-7-10-13-16-19-22-23-24-25-26-29-32-35-38-41-44-45(42-39-36-33-30-27-20-17-14-11-8-5-2)43-40-37-34-31-28-21-18-15-12-9-6-3/h4-44H2,1-3H3. The maximum absolute atomic E-state index is 2.87. The molecule has 0 aromatic heterocycles. The summed E-state index contributed by atoms with van der Waals surface area (Å²) in [5.74, 6) is 0. The Balaban J connectivity index is 3.87. The Morgan fingerprint density at radius 1 is 0.178 bits per heavy atom. The van der Waals surface area contributed by atoms with Crippen LogP contribution in [0.15, 0.2) is 0 Å². The van der Waals surface area contributed by atoms with Crippen molar-refractivity contribution in [1.82, 2.24) is 4.90 Å². The van der Waals surface area contributed by atoms with Crippen molar-refractivity contribution < 1.29 is 0 Å². The third-order valence-corrected chi connectivity index (χ3v) is 10.5. The molecular weight excluding hydrogens is 542 g/mol. The molecule has 45 heavy (non-hydrogen) atoms. The van der Waals surface area contributed by atoms with E-state index < -0.39 is 0 Å². The van der Waals surface area contributed by atoms with E-state index in [4.69, 9.17) is 0 Å². The molecule has 0 aliphatic rings. The Hall–Kier alpha value is -0.0400. The van der Waals surface area contributed by atoms with Gasteiger partial charge in [0.25, 0.3) is 0 Å². The average molecular weight is 634 g/mol.